The molecular weight excluding hydrogens is 412 g/mol. The molecule has 0 spiro atoms. The molecule has 3 aromatic carbocycles. The molecule has 3 aromatic rings. The summed E-state index contributed by atoms with van der Waals surface area (Å²) < 4.78 is 30.9. The fraction of sp³-hybridized carbons (Fsp3) is 0.259. The summed E-state index contributed by atoms with van der Waals surface area (Å²) in [6, 6.07) is 14.8. The average molecular weight is 440 g/mol. The van der Waals surface area contributed by atoms with Crippen molar-refractivity contribution in [3.63, 3.8) is 0 Å². The van der Waals surface area contributed by atoms with Crippen LogP contribution in [-0.2, 0) is 12.8 Å². The molecule has 0 amide bonds. The van der Waals surface area contributed by atoms with E-state index in [9.17, 15) is 0 Å². The van der Waals surface area contributed by atoms with Gasteiger partial charge in [-0.2, -0.15) is 0 Å². The van der Waals surface area contributed by atoms with E-state index in [1.807, 2.05) is 51.1 Å². The lowest BCUT2D eigenvalue weighted by Crippen LogP contribution is -2.08. The molecule has 0 saturated heterocycles. The second kappa shape index (κ2) is 9.65. The zero-order valence-electron chi connectivity index (χ0n) is 18.2. The summed E-state index contributed by atoms with van der Waals surface area (Å²) in [5.41, 5.74) is 10.5. The maximum absolute atomic E-state index is 15.8. The van der Waals surface area contributed by atoms with Crippen molar-refractivity contribution in [3.8, 4) is 11.1 Å². The molecule has 4 heteroatoms. The zero-order chi connectivity index (χ0) is 22.7. The van der Waals surface area contributed by atoms with E-state index < -0.39 is 11.6 Å². The first-order valence-electron chi connectivity index (χ1n) is 10.6. The van der Waals surface area contributed by atoms with Gasteiger partial charge in [-0.1, -0.05) is 87.8 Å². The second-order valence-corrected chi connectivity index (χ2v) is 8.55. The van der Waals surface area contributed by atoms with E-state index in [1.165, 1.54) is 6.07 Å². The normalized spacial score (nSPS) is 11.2. The van der Waals surface area contributed by atoms with Gasteiger partial charge in [0.1, 0.15) is 11.6 Å². The fourth-order valence-corrected chi connectivity index (χ4v) is 4.40. The number of hydrogen-bond donors (Lipinski definition) is 1. The van der Waals surface area contributed by atoms with E-state index in [2.05, 4.69) is 6.58 Å². The molecule has 0 atom stereocenters. The third-order valence-corrected chi connectivity index (χ3v) is 5.87. The van der Waals surface area contributed by atoms with E-state index in [0.717, 1.165) is 23.1 Å². The Labute approximate surface area is 188 Å². The zero-order valence-corrected chi connectivity index (χ0v) is 19.0. The first-order valence-corrected chi connectivity index (χ1v) is 10.9. The highest BCUT2D eigenvalue weighted by molar-refractivity contribution is 6.34. The topological polar surface area (TPSA) is 26.0 Å². The van der Waals surface area contributed by atoms with Crippen LogP contribution in [0.1, 0.15) is 60.9 Å². The van der Waals surface area contributed by atoms with Crippen LogP contribution in [0.25, 0.3) is 16.8 Å². The monoisotopic (exact) mass is 439 g/mol. The molecule has 0 heterocycles. The number of nitrogens with two attached hydrogens (primary N) is 1. The molecule has 0 aliphatic rings. The van der Waals surface area contributed by atoms with Gasteiger partial charge in [0.25, 0.3) is 0 Å². The average Bonchev–Trinajstić information content (AvgIpc) is 2.72. The highest BCUT2D eigenvalue weighted by Crippen LogP contribution is 2.44. The lowest BCUT2D eigenvalue weighted by molar-refractivity contribution is 0.608. The SMILES string of the molecule is C=C(N)c1ccc(CCC)c(F)c1-c1c(Cl)c(F)cc(Cc2ccccc2)c1C(C)C. The number of halogens is 3. The van der Waals surface area contributed by atoms with Crippen molar-refractivity contribution in [2.24, 2.45) is 5.73 Å². The van der Waals surface area contributed by atoms with E-state index in [1.54, 1.807) is 12.1 Å². The van der Waals surface area contributed by atoms with Crippen LogP contribution in [0.4, 0.5) is 8.78 Å². The summed E-state index contributed by atoms with van der Waals surface area (Å²) in [7, 11) is 0. The first kappa shape index (κ1) is 23.0. The smallest absolute Gasteiger partial charge is 0.142 e. The van der Waals surface area contributed by atoms with Crippen molar-refractivity contribution in [1.29, 1.82) is 0 Å². The quantitative estimate of drug-likeness (QED) is 0.398. The van der Waals surface area contributed by atoms with Crippen LogP contribution in [0.5, 0.6) is 0 Å². The Morgan fingerprint density at radius 3 is 2.29 bits per heavy atom. The van der Waals surface area contributed by atoms with E-state index in [0.29, 0.717) is 29.5 Å². The molecule has 0 unspecified atom stereocenters. The first-order chi connectivity index (χ1) is 14.8. The van der Waals surface area contributed by atoms with Crippen molar-refractivity contribution in [1.82, 2.24) is 0 Å². The van der Waals surface area contributed by atoms with Crippen LogP contribution in [-0.4, -0.2) is 0 Å². The van der Waals surface area contributed by atoms with Gasteiger partial charge in [-0.3, -0.25) is 0 Å². The molecule has 31 heavy (non-hydrogen) atoms. The van der Waals surface area contributed by atoms with Crippen LogP contribution in [0.2, 0.25) is 5.02 Å². The van der Waals surface area contributed by atoms with Gasteiger partial charge in [0.2, 0.25) is 0 Å². The number of benzene rings is 3. The van der Waals surface area contributed by atoms with E-state index in [-0.39, 0.29) is 22.2 Å². The highest BCUT2D eigenvalue weighted by Gasteiger charge is 2.26. The minimum atomic E-state index is -0.569. The van der Waals surface area contributed by atoms with Gasteiger partial charge in [0, 0.05) is 22.4 Å². The van der Waals surface area contributed by atoms with Crippen LogP contribution in [0.3, 0.4) is 0 Å². The van der Waals surface area contributed by atoms with Gasteiger partial charge < -0.3 is 5.73 Å². The van der Waals surface area contributed by atoms with Crippen LogP contribution < -0.4 is 5.73 Å². The Morgan fingerprint density at radius 1 is 1.03 bits per heavy atom. The predicted molar refractivity (Wildman–Crippen MR) is 127 cm³/mol. The minimum Gasteiger partial charge on any atom is -0.399 e. The molecule has 0 fully saturated rings. The Morgan fingerprint density at radius 2 is 1.71 bits per heavy atom. The minimum absolute atomic E-state index is 0.0140. The molecule has 2 N–H and O–H groups in total. The Kier molecular flexibility index (Phi) is 7.17. The Hall–Kier alpha value is -2.65. The molecule has 0 aromatic heterocycles. The van der Waals surface area contributed by atoms with Crippen molar-refractivity contribution < 1.29 is 8.78 Å². The van der Waals surface area contributed by atoms with Crippen LogP contribution in [0, 0.1) is 11.6 Å². The summed E-state index contributed by atoms with van der Waals surface area (Å²) in [4.78, 5) is 0. The third kappa shape index (κ3) is 4.67. The third-order valence-electron chi connectivity index (χ3n) is 5.50. The van der Waals surface area contributed by atoms with Crippen molar-refractivity contribution in [2.75, 3.05) is 0 Å². The standard InChI is InChI=1S/C27H28ClF2N/c1-5-9-19-12-13-21(17(4)31)24(27(19)30)25-23(16(2)3)20(15-22(29)26(25)28)14-18-10-7-6-8-11-18/h6-8,10-13,15-16H,4-5,9,14,31H2,1-3H3. The molecule has 0 saturated carbocycles. The van der Waals surface area contributed by atoms with Gasteiger partial charge in [0.05, 0.1) is 5.02 Å². The van der Waals surface area contributed by atoms with Gasteiger partial charge >= 0.3 is 0 Å². The van der Waals surface area contributed by atoms with Crippen LogP contribution in [0.15, 0.2) is 55.1 Å². The maximum atomic E-state index is 15.8. The van der Waals surface area contributed by atoms with E-state index >= 15 is 8.78 Å². The predicted octanol–water partition coefficient (Wildman–Crippen LogP) is 7.88. The van der Waals surface area contributed by atoms with Crippen LogP contribution >= 0.6 is 11.6 Å². The van der Waals surface area contributed by atoms with Crippen molar-refractivity contribution >= 4 is 17.3 Å². The molecular formula is C27H28ClF2N. The Balaban J connectivity index is 2.38. The molecule has 0 aliphatic heterocycles. The molecule has 0 aliphatic carbocycles. The maximum Gasteiger partial charge on any atom is 0.142 e. The van der Waals surface area contributed by atoms with Crippen molar-refractivity contribution in [3.05, 3.63) is 99.6 Å². The highest BCUT2D eigenvalue weighted by atomic mass is 35.5. The summed E-state index contributed by atoms with van der Waals surface area (Å²) in [5, 5.41) is -0.0874. The fourth-order valence-electron chi connectivity index (χ4n) is 4.15. The molecule has 162 valence electrons. The summed E-state index contributed by atoms with van der Waals surface area (Å²) in [5.74, 6) is -0.994. The summed E-state index contributed by atoms with van der Waals surface area (Å²) in [6.45, 7) is 9.82. The lowest BCUT2D eigenvalue weighted by Gasteiger charge is -2.23. The summed E-state index contributed by atoms with van der Waals surface area (Å²) >= 11 is 6.52. The lowest BCUT2D eigenvalue weighted by atomic mass is 9.83. The summed E-state index contributed by atoms with van der Waals surface area (Å²) in [6.07, 6.45) is 1.87. The molecule has 3 rings (SSSR count). The number of hydrogen-bond acceptors (Lipinski definition) is 1. The molecule has 0 radical (unpaired) electrons. The number of aryl methyl sites for hydroxylation is 1. The van der Waals surface area contributed by atoms with Crippen molar-refractivity contribution in [2.45, 2.75) is 46.0 Å². The second-order valence-electron chi connectivity index (χ2n) is 8.17. The van der Waals surface area contributed by atoms with Gasteiger partial charge in [-0.15, -0.1) is 0 Å². The van der Waals surface area contributed by atoms with Gasteiger partial charge in [-0.25, -0.2) is 8.78 Å². The van der Waals surface area contributed by atoms with E-state index in [4.69, 9.17) is 17.3 Å². The Bertz CT molecular complexity index is 1100. The van der Waals surface area contributed by atoms with Gasteiger partial charge in [-0.05, 0) is 47.1 Å². The molecule has 0 bridgehead atoms. The van der Waals surface area contributed by atoms with Gasteiger partial charge in [0.15, 0.2) is 0 Å². The number of rotatable bonds is 7. The largest absolute Gasteiger partial charge is 0.399 e. The molecule has 1 nitrogen and oxygen atoms in total.